The summed E-state index contributed by atoms with van der Waals surface area (Å²) in [6.45, 7) is 2.09. The highest BCUT2D eigenvalue weighted by atomic mass is 16.5. The lowest BCUT2D eigenvalue weighted by Crippen LogP contribution is -2.39. The van der Waals surface area contributed by atoms with Gasteiger partial charge in [-0.1, -0.05) is 18.2 Å². The fraction of sp³-hybridized carbons (Fsp3) is 0.278. The second-order valence-corrected chi connectivity index (χ2v) is 5.41. The summed E-state index contributed by atoms with van der Waals surface area (Å²) in [7, 11) is 1.62. The molecule has 0 bridgehead atoms. The van der Waals surface area contributed by atoms with Crippen LogP contribution in [0.4, 0.5) is 5.69 Å². The van der Waals surface area contributed by atoms with Crippen LogP contribution in [0.1, 0.15) is 12.5 Å². The van der Waals surface area contributed by atoms with Gasteiger partial charge in [0.2, 0.25) is 0 Å². The van der Waals surface area contributed by atoms with Crippen LogP contribution >= 0.6 is 0 Å². The standard InChI is InChI=1S/C18H19NO3/c1-13-11-14-5-3-4-6-17(14)19(13)18(20)12-22-16-9-7-15(21-2)8-10-16/h3-10,13H,11-12H2,1-2H3/t13-/m1/s1. The molecule has 114 valence electrons. The van der Waals surface area contributed by atoms with E-state index in [9.17, 15) is 4.79 Å². The molecule has 2 aromatic rings. The zero-order valence-corrected chi connectivity index (χ0v) is 12.8. The first-order valence-electron chi connectivity index (χ1n) is 7.36. The van der Waals surface area contributed by atoms with Gasteiger partial charge in [0.1, 0.15) is 11.5 Å². The first kappa shape index (κ1) is 14.4. The smallest absolute Gasteiger partial charge is 0.265 e. The maximum Gasteiger partial charge on any atom is 0.265 e. The SMILES string of the molecule is COc1ccc(OCC(=O)N2c3ccccc3C[C@H]2C)cc1. The molecule has 0 unspecified atom stereocenters. The lowest BCUT2D eigenvalue weighted by Gasteiger charge is -2.22. The van der Waals surface area contributed by atoms with E-state index < -0.39 is 0 Å². The quantitative estimate of drug-likeness (QED) is 0.870. The molecule has 0 N–H and O–H groups in total. The molecule has 1 aliphatic heterocycles. The van der Waals surface area contributed by atoms with E-state index in [1.165, 1.54) is 5.56 Å². The Morgan fingerprint density at radius 1 is 1.14 bits per heavy atom. The van der Waals surface area contributed by atoms with Crippen LogP contribution in [0.15, 0.2) is 48.5 Å². The van der Waals surface area contributed by atoms with Gasteiger partial charge in [-0.25, -0.2) is 0 Å². The number of hydrogen-bond acceptors (Lipinski definition) is 3. The van der Waals surface area contributed by atoms with E-state index in [0.717, 1.165) is 17.9 Å². The maximum absolute atomic E-state index is 12.5. The second-order valence-electron chi connectivity index (χ2n) is 5.41. The molecular formula is C18H19NO3. The van der Waals surface area contributed by atoms with E-state index in [-0.39, 0.29) is 18.6 Å². The van der Waals surface area contributed by atoms with E-state index in [1.54, 1.807) is 19.2 Å². The first-order chi connectivity index (χ1) is 10.7. The molecule has 22 heavy (non-hydrogen) atoms. The van der Waals surface area contributed by atoms with Crippen molar-refractivity contribution in [3.63, 3.8) is 0 Å². The summed E-state index contributed by atoms with van der Waals surface area (Å²) < 4.78 is 10.7. The number of nitrogens with zero attached hydrogens (tertiary/aromatic N) is 1. The first-order valence-corrected chi connectivity index (χ1v) is 7.36. The van der Waals surface area contributed by atoms with Crippen LogP contribution in [0.3, 0.4) is 0 Å². The van der Waals surface area contributed by atoms with E-state index in [4.69, 9.17) is 9.47 Å². The number of carbonyl (C=O) groups is 1. The zero-order valence-electron chi connectivity index (χ0n) is 12.8. The highest BCUT2D eigenvalue weighted by Gasteiger charge is 2.30. The van der Waals surface area contributed by atoms with Crippen molar-refractivity contribution in [1.82, 2.24) is 0 Å². The Kier molecular flexibility index (Phi) is 4.00. The van der Waals surface area contributed by atoms with Gasteiger partial charge in [-0.05, 0) is 49.2 Å². The summed E-state index contributed by atoms with van der Waals surface area (Å²) in [4.78, 5) is 14.3. The van der Waals surface area contributed by atoms with Crippen molar-refractivity contribution in [2.24, 2.45) is 0 Å². The van der Waals surface area contributed by atoms with Crippen LogP contribution in [-0.2, 0) is 11.2 Å². The topological polar surface area (TPSA) is 38.8 Å². The van der Waals surface area contributed by atoms with Gasteiger partial charge in [0.05, 0.1) is 7.11 Å². The molecule has 0 radical (unpaired) electrons. The number of anilines is 1. The van der Waals surface area contributed by atoms with Crippen LogP contribution in [0.25, 0.3) is 0 Å². The second kappa shape index (κ2) is 6.10. The van der Waals surface area contributed by atoms with E-state index >= 15 is 0 Å². The molecule has 2 aromatic carbocycles. The predicted octanol–water partition coefficient (Wildman–Crippen LogP) is 3.05. The van der Waals surface area contributed by atoms with Crippen LogP contribution in [0.5, 0.6) is 11.5 Å². The van der Waals surface area contributed by atoms with Crippen LogP contribution < -0.4 is 14.4 Å². The maximum atomic E-state index is 12.5. The Bertz CT molecular complexity index is 666. The minimum atomic E-state index is -0.0201. The van der Waals surface area contributed by atoms with Gasteiger partial charge in [0, 0.05) is 11.7 Å². The predicted molar refractivity (Wildman–Crippen MR) is 85.6 cm³/mol. The van der Waals surface area contributed by atoms with E-state index in [0.29, 0.717) is 5.75 Å². The molecule has 1 aliphatic rings. The fourth-order valence-corrected chi connectivity index (χ4v) is 2.83. The normalized spacial score (nSPS) is 16.3. The van der Waals surface area contributed by atoms with Gasteiger partial charge in [0.25, 0.3) is 5.91 Å². The van der Waals surface area contributed by atoms with Crippen LogP contribution in [0, 0.1) is 0 Å². The minimum absolute atomic E-state index is 0.0201. The Labute approximate surface area is 130 Å². The molecule has 4 nitrogen and oxygen atoms in total. The number of benzene rings is 2. The summed E-state index contributed by atoms with van der Waals surface area (Å²) >= 11 is 0. The van der Waals surface area contributed by atoms with Crippen molar-refractivity contribution in [3.05, 3.63) is 54.1 Å². The van der Waals surface area contributed by atoms with Crippen molar-refractivity contribution >= 4 is 11.6 Å². The molecule has 0 fully saturated rings. The third kappa shape index (κ3) is 2.77. The van der Waals surface area contributed by atoms with Crippen LogP contribution in [0.2, 0.25) is 0 Å². The lowest BCUT2D eigenvalue weighted by atomic mass is 10.1. The Balaban J connectivity index is 1.67. The minimum Gasteiger partial charge on any atom is -0.497 e. The van der Waals surface area contributed by atoms with Gasteiger partial charge >= 0.3 is 0 Å². The van der Waals surface area contributed by atoms with Crippen molar-refractivity contribution in [3.8, 4) is 11.5 Å². The molecule has 0 saturated carbocycles. The molecule has 3 rings (SSSR count). The summed E-state index contributed by atoms with van der Waals surface area (Å²) in [6, 6.07) is 15.4. The third-order valence-electron chi connectivity index (χ3n) is 3.90. The molecule has 1 amide bonds. The molecule has 0 aromatic heterocycles. The summed E-state index contributed by atoms with van der Waals surface area (Å²) in [5.41, 5.74) is 2.21. The number of ether oxygens (including phenoxy) is 2. The molecule has 4 heteroatoms. The van der Waals surface area contributed by atoms with Crippen molar-refractivity contribution < 1.29 is 14.3 Å². The molecule has 0 spiro atoms. The number of amides is 1. The van der Waals surface area contributed by atoms with Gasteiger partial charge in [-0.2, -0.15) is 0 Å². The Morgan fingerprint density at radius 2 is 1.82 bits per heavy atom. The van der Waals surface area contributed by atoms with Gasteiger partial charge in [-0.15, -0.1) is 0 Å². The zero-order chi connectivity index (χ0) is 15.5. The summed E-state index contributed by atoms with van der Waals surface area (Å²) in [5, 5.41) is 0. The number of carbonyl (C=O) groups excluding carboxylic acids is 1. The Hall–Kier alpha value is -2.49. The average Bonchev–Trinajstić information content (AvgIpc) is 2.89. The van der Waals surface area contributed by atoms with Gasteiger partial charge in [0.15, 0.2) is 6.61 Å². The summed E-state index contributed by atoms with van der Waals surface area (Å²) in [5.74, 6) is 1.41. The van der Waals surface area contributed by atoms with Crippen LogP contribution in [-0.4, -0.2) is 25.7 Å². The number of para-hydroxylation sites is 1. The number of hydrogen-bond donors (Lipinski definition) is 0. The number of fused-ring (bicyclic) bond motifs is 1. The molecular weight excluding hydrogens is 278 g/mol. The highest BCUT2D eigenvalue weighted by molar-refractivity contribution is 5.97. The van der Waals surface area contributed by atoms with Crippen molar-refractivity contribution in [1.29, 1.82) is 0 Å². The third-order valence-corrected chi connectivity index (χ3v) is 3.90. The molecule has 0 saturated heterocycles. The lowest BCUT2D eigenvalue weighted by molar-refractivity contribution is -0.120. The molecule has 0 aliphatic carbocycles. The monoisotopic (exact) mass is 297 g/mol. The van der Waals surface area contributed by atoms with E-state index in [1.807, 2.05) is 35.2 Å². The summed E-state index contributed by atoms with van der Waals surface area (Å²) in [6.07, 6.45) is 0.893. The molecule has 1 atom stereocenters. The van der Waals surface area contributed by atoms with E-state index in [2.05, 4.69) is 13.0 Å². The molecule has 1 heterocycles. The van der Waals surface area contributed by atoms with Gasteiger partial charge in [-0.3, -0.25) is 4.79 Å². The van der Waals surface area contributed by atoms with Gasteiger partial charge < -0.3 is 14.4 Å². The van der Waals surface area contributed by atoms with Crippen molar-refractivity contribution in [2.75, 3.05) is 18.6 Å². The van der Waals surface area contributed by atoms with Crippen molar-refractivity contribution in [2.45, 2.75) is 19.4 Å². The average molecular weight is 297 g/mol. The largest absolute Gasteiger partial charge is 0.497 e. The Morgan fingerprint density at radius 3 is 2.55 bits per heavy atom. The highest BCUT2D eigenvalue weighted by Crippen LogP contribution is 2.31. The number of methoxy groups -OCH3 is 1. The number of rotatable bonds is 4. The fourth-order valence-electron chi connectivity index (χ4n) is 2.83.